The summed E-state index contributed by atoms with van der Waals surface area (Å²) in [6.07, 6.45) is 5.78. The number of rotatable bonds is 1. The zero-order valence-electron chi connectivity index (χ0n) is 10.1. The summed E-state index contributed by atoms with van der Waals surface area (Å²) in [5.74, 6) is -0.0136. The number of nitrogens with zero attached hydrogens (tertiary/aromatic N) is 4. The lowest BCUT2D eigenvalue weighted by Crippen LogP contribution is -2.39. The molecule has 0 spiro atoms. The first-order valence-corrected chi connectivity index (χ1v) is 6.01. The molecule has 1 aromatic rings. The molecule has 2 fully saturated rings. The lowest BCUT2D eigenvalue weighted by Gasteiger charge is -2.23. The summed E-state index contributed by atoms with van der Waals surface area (Å²) in [6.45, 7) is 0.683. The van der Waals surface area contributed by atoms with E-state index in [2.05, 4.69) is 9.97 Å². The van der Waals surface area contributed by atoms with Crippen LogP contribution in [0.15, 0.2) is 18.6 Å². The molecule has 2 aliphatic rings. The van der Waals surface area contributed by atoms with Crippen LogP contribution in [0, 0.1) is 0 Å². The van der Waals surface area contributed by atoms with Gasteiger partial charge in [0.05, 0.1) is 18.3 Å². The molecule has 0 aliphatic carbocycles. The van der Waals surface area contributed by atoms with Crippen molar-refractivity contribution >= 4 is 11.8 Å². The van der Waals surface area contributed by atoms with Gasteiger partial charge in [0, 0.05) is 32.4 Å². The third-order valence-corrected chi connectivity index (χ3v) is 3.83. The molecule has 6 nitrogen and oxygen atoms in total. The van der Waals surface area contributed by atoms with Gasteiger partial charge in [-0.3, -0.25) is 14.6 Å². The first kappa shape index (κ1) is 11.1. The average Bonchev–Trinajstić information content (AvgIpc) is 2.92. The van der Waals surface area contributed by atoms with Crippen LogP contribution in [-0.4, -0.2) is 57.3 Å². The predicted octanol–water partition coefficient (Wildman–Crippen LogP) is -0.0782. The summed E-state index contributed by atoms with van der Waals surface area (Å²) < 4.78 is 0. The van der Waals surface area contributed by atoms with Gasteiger partial charge < -0.3 is 9.80 Å². The Morgan fingerprint density at radius 3 is 2.94 bits per heavy atom. The van der Waals surface area contributed by atoms with Crippen molar-refractivity contribution in [3.8, 4) is 0 Å². The predicted molar refractivity (Wildman–Crippen MR) is 62.6 cm³/mol. The molecular weight excluding hydrogens is 232 g/mol. The van der Waals surface area contributed by atoms with Gasteiger partial charge in [-0.15, -0.1) is 0 Å². The molecule has 2 aliphatic heterocycles. The normalized spacial score (nSPS) is 26.6. The van der Waals surface area contributed by atoms with Gasteiger partial charge >= 0.3 is 0 Å². The number of carbonyl (C=O) groups is 2. The summed E-state index contributed by atoms with van der Waals surface area (Å²) in [5.41, 5.74) is 0.347. The minimum Gasteiger partial charge on any atom is -0.341 e. The topological polar surface area (TPSA) is 66.4 Å². The smallest absolute Gasteiger partial charge is 0.274 e. The van der Waals surface area contributed by atoms with E-state index < -0.39 is 0 Å². The van der Waals surface area contributed by atoms with Crippen molar-refractivity contribution in [3.05, 3.63) is 24.3 Å². The molecule has 3 rings (SSSR count). The Morgan fingerprint density at radius 2 is 2.22 bits per heavy atom. The fourth-order valence-corrected chi connectivity index (χ4v) is 2.85. The minimum absolute atomic E-state index is 0.00277. The van der Waals surface area contributed by atoms with Crippen molar-refractivity contribution in [1.29, 1.82) is 0 Å². The van der Waals surface area contributed by atoms with Gasteiger partial charge in [0.15, 0.2) is 0 Å². The Bertz CT molecular complexity index is 490. The van der Waals surface area contributed by atoms with Gasteiger partial charge in [-0.25, -0.2) is 4.98 Å². The van der Waals surface area contributed by atoms with Crippen molar-refractivity contribution in [2.45, 2.75) is 24.9 Å². The maximum absolute atomic E-state index is 12.3. The number of fused-ring (bicyclic) bond motifs is 1. The van der Waals surface area contributed by atoms with Gasteiger partial charge in [0.25, 0.3) is 5.91 Å². The maximum atomic E-state index is 12.3. The van der Waals surface area contributed by atoms with Crippen LogP contribution in [-0.2, 0) is 4.79 Å². The van der Waals surface area contributed by atoms with E-state index in [0.717, 1.165) is 6.42 Å². The molecule has 0 aromatic carbocycles. The van der Waals surface area contributed by atoms with Crippen LogP contribution in [0.4, 0.5) is 0 Å². The first-order chi connectivity index (χ1) is 8.68. The molecule has 2 atom stereocenters. The van der Waals surface area contributed by atoms with Crippen LogP contribution in [0.3, 0.4) is 0 Å². The molecular formula is C12H14N4O2. The monoisotopic (exact) mass is 246 g/mol. The SMILES string of the molecule is CN1C(=O)C[C@H]2[C@H]1CCN2C(=O)c1cnccn1. The number of aromatic nitrogens is 2. The van der Waals surface area contributed by atoms with Crippen LogP contribution in [0.25, 0.3) is 0 Å². The number of carbonyl (C=O) groups excluding carboxylic acids is 2. The maximum Gasteiger partial charge on any atom is 0.274 e. The fraction of sp³-hybridized carbons (Fsp3) is 0.500. The summed E-state index contributed by atoms with van der Waals surface area (Å²) in [5, 5.41) is 0. The molecule has 18 heavy (non-hydrogen) atoms. The zero-order valence-corrected chi connectivity index (χ0v) is 10.1. The molecule has 0 N–H and O–H groups in total. The Hall–Kier alpha value is -1.98. The van der Waals surface area contributed by atoms with Crippen LogP contribution < -0.4 is 0 Å². The van der Waals surface area contributed by atoms with E-state index in [1.54, 1.807) is 9.80 Å². The van der Waals surface area contributed by atoms with Gasteiger partial charge in [-0.05, 0) is 6.42 Å². The highest BCUT2D eigenvalue weighted by Gasteiger charge is 2.47. The molecule has 0 saturated carbocycles. The summed E-state index contributed by atoms with van der Waals surface area (Å²) in [7, 11) is 1.81. The molecule has 2 amide bonds. The van der Waals surface area contributed by atoms with E-state index in [1.807, 2.05) is 7.05 Å². The molecule has 94 valence electrons. The van der Waals surface area contributed by atoms with Crippen molar-refractivity contribution in [2.75, 3.05) is 13.6 Å². The lowest BCUT2D eigenvalue weighted by atomic mass is 10.1. The quantitative estimate of drug-likeness (QED) is 0.695. The molecule has 0 unspecified atom stereocenters. The highest BCUT2D eigenvalue weighted by molar-refractivity contribution is 5.93. The third kappa shape index (κ3) is 1.56. The summed E-state index contributed by atoms with van der Waals surface area (Å²) in [4.78, 5) is 35.4. The van der Waals surface area contributed by atoms with E-state index >= 15 is 0 Å². The number of likely N-dealkylation sites (tertiary alicyclic amines) is 2. The Labute approximate surface area is 105 Å². The van der Waals surface area contributed by atoms with Gasteiger partial charge in [-0.2, -0.15) is 0 Å². The van der Waals surface area contributed by atoms with E-state index in [-0.39, 0.29) is 23.9 Å². The standard InChI is InChI=1S/C12H14N4O2/c1-15-9-2-5-16(10(9)6-11(15)17)12(18)8-7-13-3-4-14-8/h3-4,7,9-10H,2,5-6H2,1H3/t9-,10+/m1/s1. The Balaban J connectivity index is 1.83. The van der Waals surface area contributed by atoms with E-state index in [0.29, 0.717) is 18.7 Å². The highest BCUT2D eigenvalue weighted by atomic mass is 16.2. The largest absolute Gasteiger partial charge is 0.341 e. The average molecular weight is 246 g/mol. The van der Waals surface area contributed by atoms with Crippen LogP contribution in [0.5, 0.6) is 0 Å². The van der Waals surface area contributed by atoms with Crippen molar-refractivity contribution in [1.82, 2.24) is 19.8 Å². The molecule has 3 heterocycles. The number of amides is 2. The second-order valence-electron chi connectivity index (χ2n) is 4.72. The number of hydrogen-bond donors (Lipinski definition) is 0. The molecule has 2 saturated heterocycles. The zero-order chi connectivity index (χ0) is 12.7. The van der Waals surface area contributed by atoms with E-state index in [9.17, 15) is 9.59 Å². The Morgan fingerprint density at radius 1 is 1.39 bits per heavy atom. The van der Waals surface area contributed by atoms with Crippen molar-refractivity contribution < 1.29 is 9.59 Å². The van der Waals surface area contributed by atoms with Crippen LogP contribution in [0.2, 0.25) is 0 Å². The molecule has 0 radical (unpaired) electrons. The number of likely N-dealkylation sites (N-methyl/N-ethyl adjacent to an activating group) is 1. The molecule has 1 aromatic heterocycles. The second kappa shape index (κ2) is 4.04. The number of hydrogen-bond acceptors (Lipinski definition) is 4. The van der Waals surface area contributed by atoms with Crippen molar-refractivity contribution in [2.24, 2.45) is 0 Å². The summed E-state index contributed by atoms with van der Waals surface area (Å²) >= 11 is 0. The summed E-state index contributed by atoms with van der Waals surface area (Å²) in [6, 6.07) is 0.162. The van der Waals surface area contributed by atoms with Crippen molar-refractivity contribution in [3.63, 3.8) is 0 Å². The lowest BCUT2D eigenvalue weighted by molar-refractivity contribution is -0.127. The van der Waals surface area contributed by atoms with Crippen LogP contribution >= 0.6 is 0 Å². The van der Waals surface area contributed by atoms with Crippen LogP contribution in [0.1, 0.15) is 23.3 Å². The first-order valence-electron chi connectivity index (χ1n) is 6.01. The van der Waals surface area contributed by atoms with E-state index in [4.69, 9.17) is 0 Å². The Kier molecular flexibility index (Phi) is 2.50. The second-order valence-corrected chi connectivity index (χ2v) is 4.72. The highest BCUT2D eigenvalue weighted by Crippen LogP contribution is 2.31. The molecule has 6 heteroatoms. The van der Waals surface area contributed by atoms with Gasteiger partial charge in [0.1, 0.15) is 5.69 Å². The fourth-order valence-electron chi connectivity index (χ4n) is 2.85. The van der Waals surface area contributed by atoms with Gasteiger partial charge in [-0.1, -0.05) is 0 Å². The van der Waals surface area contributed by atoms with E-state index in [1.165, 1.54) is 18.6 Å². The third-order valence-electron chi connectivity index (χ3n) is 3.83. The molecule has 0 bridgehead atoms. The minimum atomic E-state index is -0.126. The van der Waals surface area contributed by atoms with Gasteiger partial charge in [0.2, 0.25) is 5.91 Å².